The van der Waals surface area contributed by atoms with Crippen LogP contribution in [0.1, 0.15) is 5.56 Å². The number of fused-ring (bicyclic) bond motifs is 3. The van der Waals surface area contributed by atoms with Crippen molar-refractivity contribution in [2.75, 3.05) is 5.32 Å². The number of nitro benzene ring substituents is 1. The van der Waals surface area contributed by atoms with E-state index in [2.05, 4.69) is 35.2 Å². The van der Waals surface area contributed by atoms with Crippen molar-refractivity contribution >= 4 is 39.1 Å². The van der Waals surface area contributed by atoms with Gasteiger partial charge >= 0.3 is 11.9 Å². The van der Waals surface area contributed by atoms with Gasteiger partial charge in [-0.15, -0.1) is 0 Å². The lowest BCUT2D eigenvalue weighted by atomic mass is 10.1. The molecular weight excluding hydrogens is 361 g/mol. The molecule has 0 atom stereocenters. The van der Waals surface area contributed by atoms with Crippen LogP contribution in [-0.2, 0) is 6.18 Å². The third-order valence-corrected chi connectivity index (χ3v) is 3.54. The Morgan fingerprint density at radius 3 is 2.27 bits per heavy atom. The summed E-state index contributed by atoms with van der Waals surface area (Å²) in [5.74, 6) is 0. The molecule has 1 N–H and O–H groups in total. The van der Waals surface area contributed by atoms with Gasteiger partial charge in [-0.3, -0.25) is 10.1 Å². The minimum atomic E-state index is -4.58. The number of nitrogens with zero attached hydrogens (tertiary/aromatic N) is 5. The van der Waals surface area contributed by atoms with Gasteiger partial charge in [-0.25, -0.2) is 9.26 Å². The van der Waals surface area contributed by atoms with Crippen LogP contribution in [0, 0.1) is 10.1 Å². The second-order valence-electron chi connectivity index (χ2n) is 5.11. The average Bonchev–Trinajstić information content (AvgIpc) is 3.22. The van der Waals surface area contributed by atoms with E-state index in [1.807, 2.05) is 0 Å². The third-order valence-electron chi connectivity index (χ3n) is 3.54. The van der Waals surface area contributed by atoms with Crippen molar-refractivity contribution < 1.29 is 27.4 Å². The highest BCUT2D eigenvalue weighted by atomic mass is 19.4. The van der Waals surface area contributed by atoms with Crippen molar-refractivity contribution in [2.24, 2.45) is 0 Å². The van der Waals surface area contributed by atoms with Gasteiger partial charge in [-0.2, -0.15) is 13.2 Å². The number of rotatable bonds is 3. The number of nitro groups is 1. The topological polar surface area (TPSA) is 133 Å². The van der Waals surface area contributed by atoms with Gasteiger partial charge < -0.3 is 5.32 Å². The van der Waals surface area contributed by atoms with Gasteiger partial charge in [0.2, 0.25) is 5.52 Å². The summed E-state index contributed by atoms with van der Waals surface area (Å²) in [4.78, 5) is 10.7. The highest BCUT2D eigenvalue weighted by Crippen LogP contribution is 2.40. The van der Waals surface area contributed by atoms with E-state index in [9.17, 15) is 23.3 Å². The van der Waals surface area contributed by atoms with Gasteiger partial charge in [0.1, 0.15) is 0 Å². The van der Waals surface area contributed by atoms with Crippen LogP contribution in [0.4, 0.5) is 30.2 Å². The summed E-state index contributed by atoms with van der Waals surface area (Å²) in [6.45, 7) is 0. The maximum absolute atomic E-state index is 12.9. The molecule has 4 aromatic rings. The van der Waals surface area contributed by atoms with E-state index in [1.165, 1.54) is 6.07 Å². The first kappa shape index (κ1) is 15.7. The van der Waals surface area contributed by atoms with Crippen molar-refractivity contribution in [3.63, 3.8) is 0 Å². The maximum Gasteiger partial charge on any atom is 0.416 e. The molecule has 26 heavy (non-hydrogen) atoms. The van der Waals surface area contributed by atoms with Crippen molar-refractivity contribution in [3.05, 3.63) is 39.9 Å². The lowest BCUT2D eigenvalue weighted by Gasteiger charge is -2.11. The minimum Gasteiger partial charge on any atom is -0.348 e. The number of hydrogen-bond acceptors (Lipinski definition) is 9. The van der Waals surface area contributed by atoms with E-state index in [4.69, 9.17) is 0 Å². The number of aromatic nitrogens is 4. The summed E-state index contributed by atoms with van der Waals surface area (Å²) in [6.07, 6.45) is -4.58. The summed E-state index contributed by atoms with van der Waals surface area (Å²) in [5, 5.41) is 28.2. The van der Waals surface area contributed by atoms with Crippen molar-refractivity contribution in [1.82, 2.24) is 20.6 Å². The molecule has 132 valence electrons. The predicted octanol–water partition coefficient (Wildman–Crippen LogP) is 3.43. The predicted molar refractivity (Wildman–Crippen MR) is 78.5 cm³/mol. The SMILES string of the molecule is O=[N+]([O-])c1c(Nc2cccc(C(F)(F)F)c2)c2nonc2c2nonc12. The summed E-state index contributed by atoms with van der Waals surface area (Å²) in [6, 6.07) is 4.14. The molecule has 0 radical (unpaired) electrons. The first-order valence-electron chi connectivity index (χ1n) is 6.85. The second-order valence-corrected chi connectivity index (χ2v) is 5.11. The Labute approximate surface area is 139 Å². The van der Waals surface area contributed by atoms with E-state index < -0.39 is 22.4 Å². The van der Waals surface area contributed by atoms with Gasteiger partial charge in [0.25, 0.3) is 0 Å². The molecule has 0 aliphatic heterocycles. The summed E-state index contributed by atoms with van der Waals surface area (Å²) in [7, 11) is 0. The Kier molecular flexibility index (Phi) is 3.25. The minimum absolute atomic E-state index is 0.0151. The van der Waals surface area contributed by atoms with Crippen LogP contribution in [-0.4, -0.2) is 25.5 Å². The highest BCUT2D eigenvalue weighted by molar-refractivity contribution is 6.12. The lowest BCUT2D eigenvalue weighted by Crippen LogP contribution is -2.06. The van der Waals surface area contributed by atoms with Crippen LogP contribution in [0.5, 0.6) is 0 Å². The molecule has 0 aliphatic rings. The number of benzene rings is 2. The van der Waals surface area contributed by atoms with Crippen LogP contribution < -0.4 is 5.32 Å². The average molecular weight is 366 g/mol. The highest BCUT2D eigenvalue weighted by Gasteiger charge is 2.32. The van der Waals surface area contributed by atoms with Crippen molar-refractivity contribution in [1.29, 1.82) is 0 Å². The quantitative estimate of drug-likeness (QED) is 0.427. The zero-order valence-electron chi connectivity index (χ0n) is 12.3. The molecule has 0 bridgehead atoms. The monoisotopic (exact) mass is 366 g/mol. The number of alkyl halides is 3. The first-order valence-corrected chi connectivity index (χ1v) is 6.85. The molecule has 0 aliphatic carbocycles. The van der Waals surface area contributed by atoms with E-state index >= 15 is 0 Å². The fourth-order valence-corrected chi connectivity index (χ4v) is 2.45. The molecule has 4 rings (SSSR count). The number of halogens is 3. The van der Waals surface area contributed by atoms with Gasteiger partial charge in [-0.05, 0) is 38.8 Å². The molecule has 0 saturated carbocycles. The zero-order valence-corrected chi connectivity index (χ0v) is 12.3. The van der Waals surface area contributed by atoms with E-state index in [0.717, 1.165) is 18.2 Å². The van der Waals surface area contributed by atoms with Crippen LogP contribution in [0.2, 0.25) is 0 Å². The molecule has 0 spiro atoms. The smallest absolute Gasteiger partial charge is 0.348 e. The van der Waals surface area contributed by atoms with Gasteiger partial charge in [0.05, 0.1) is 10.5 Å². The number of nitrogens with one attached hydrogen (secondary N) is 1. The van der Waals surface area contributed by atoms with Crippen LogP contribution in [0.15, 0.2) is 33.5 Å². The van der Waals surface area contributed by atoms with Crippen LogP contribution in [0.25, 0.3) is 22.1 Å². The lowest BCUT2D eigenvalue weighted by molar-refractivity contribution is -0.382. The van der Waals surface area contributed by atoms with Gasteiger partial charge in [0.15, 0.2) is 22.2 Å². The molecule has 2 aromatic carbocycles. The molecule has 0 saturated heterocycles. The number of anilines is 2. The van der Waals surface area contributed by atoms with E-state index in [1.54, 1.807) is 0 Å². The Morgan fingerprint density at radius 2 is 1.62 bits per heavy atom. The molecule has 0 amide bonds. The van der Waals surface area contributed by atoms with Gasteiger partial charge in [-0.1, -0.05) is 6.07 Å². The maximum atomic E-state index is 12.9. The Bertz CT molecular complexity index is 1150. The summed E-state index contributed by atoms with van der Waals surface area (Å²) >= 11 is 0. The molecule has 13 heteroatoms. The zero-order chi connectivity index (χ0) is 18.5. The summed E-state index contributed by atoms with van der Waals surface area (Å²) in [5.41, 5.74) is -2.18. The molecule has 2 heterocycles. The molecule has 10 nitrogen and oxygen atoms in total. The molecule has 0 unspecified atom stereocenters. The normalized spacial score (nSPS) is 12.0. The first-order chi connectivity index (χ1) is 12.4. The van der Waals surface area contributed by atoms with Crippen LogP contribution >= 0.6 is 0 Å². The third kappa shape index (κ3) is 2.37. The van der Waals surface area contributed by atoms with Gasteiger partial charge in [0, 0.05) is 5.69 Å². The van der Waals surface area contributed by atoms with Crippen LogP contribution in [0.3, 0.4) is 0 Å². The largest absolute Gasteiger partial charge is 0.416 e. The second kappa shape index (κ2) is 5.37. The number of hydrogen-bond donors (Lipinski definition) is 1. The Balaban J connectivity index is 1.94. The molecular formula is C13H5F3N6O4. The van der Waals surface area contributed by atoms with E-state index in [0.29, 0.717) is 0 Å². The summed E-state index contributed by atoms with van der Waals surface area (Å²) < 4.78 is 47.7. The fraction of sp³-hybridized carbons (Fsp3) is 0.0769. The van der Waals surface area contributed by atoms with E-state index in [-0.39, 0.29) is 33.4 Å². The Hall–Kier alpha value is -3.77. The molecule has 0 fully saturated rings. The Morgan fingerprint density at radius 1 is 1.00 bits per heavy atom. The fourth-order valence-electron chi connectivity index (χ4n) is 2.45. The van der Waals surface area contributed by atoms with Crippen molar-refractivity contribution in [3.8, 4) is 0 Å². The molecule has 2 aromatic heterocycles. The standard InChI is InChI=1S/C13H5F3N6O4/c14-13(15,16)5-2-1-3-6(4-5)17-10-8-7(18-25-19-8)9-11(21-26-20-9)12(10)22(23)24/h1-4,17H. The van der Waals surface area contributed by atoms with Crippen molar-refractivity contribution in [2.45, 2.75) is 6.18 Å².